The van der Waals surface area contributed by atoms with Crippen LogP contribution in [0.25, 0.3) is 0 Å². The molecule has 23 heavy (non-hydrogen) atoms. The van der Waals surface area contributed by atoms with E-state index in [0.29, 0.717) is 5.75 Å². The summed E-state index contributed by atoms with van der Waals surface area (Å²) >= 11 is 9.09. The molecule has 0 N–H and O–H groups in total. The highest BCUT2D eigenvalue weighted by Crippen LogP contribution is 2.23. The van der Waals surface area contributed by atoms with Gasteiger partial charge in [-0.1, -0.05) is 23.4 Å². The lowest BCUT2D eigenvalue weighted by atomic mass is 10.3. The topological polar surface area (TPSA) is 41.4 Å². The van der Waals surface area contributed by atoms with Gasteiger partial charge in [-0.15, -0.1) is 11.3 Å². The lowest BCUT2D eigenvalue weighted by Crippen LogP contribution is -2.48. The number of imidazole rings is 1. The molecule has 0 aliphatic carbocycles. The van der Waals surface area contributed by atoms with Crippen LogP contribution in [0, 0.1) is 0 Å². The molecule has 0 bridgehead atoms. The second-order valence-corrected chi connectivity index (χ2v) is 8.21. The van der Waals surface area contributed by atoms with Gasteiger partial charge in [-0.25, -0.2) is 4.98 Å². The van der Waals surface area contributed by atoms with E-state index < -0.39 is 0 Å². The van der Waals surface area contributed by atoms with E-state index in [2.05, 4.69) is 16.0 Å². The molecular weight excluding hydrogens is 352 g/mol. The predicted octanol–water partition coefficient (Wildman–Crippen LogP) is 2.57. The Morgan fingerprint density at radius 3 is 2.74 bits per heavy atom. The molecule has 1 fully saturated rings. The molecule has 3 rings (SSSR count). The van der Waals surface area contributed by atoms with Gasteiger partial charge >= 0.3 is 0 Å². The van der Waals surface area contributed by atoms with E-state index in [4.69, 9.17) is 11.6 Å². The summed E-state index contributed by atoms with van der Waals surface area (Å²) in [6.07, 6.45) is 3.64. The van der Waals surface area contributed by atoms with E-state index >= 15 is 0 Å². The molecule has 0 unspecified atom stereocenters. The van der Waals surface area contributed by atoms with Gasteiger partial charge in [0, 0.05) is 57.0 Å². The van der Waals surface area contributed by atoms with E-state index in [1.165, 1.54) is 16.6 Å². The molecule has 0 aromatic carbocycles. The maximum Gasteiger partial charge on any atom is 0.233 e. The Kier molecular flexibility index (Phi) is 5.63. The second kappa shape index (κ2) is 7.70. The van der Waals surface area contributed by atoms with E-state index in [1.54, 1.807) is 17.5 Å². The van der Waals surface area contributed by atoms with Crippen LogP contribution in [0.15, 0.2) is 29.7 Å². The van der Waals surface area contributed by atoms with Gasteiger partial charge in [0.25, 0.3) is 0 Å². The van der Waals surface area contributed by atoms with Gasteiger partial charge in [-0.05, 0) is 12.1 Å². The van der Waals surface area contributed by atoms with Crippen LogP contribution >= 0.6 is 34.7 Å². The summed E-state index contributed by atoms with van der Waals surface area (Å²) in [5.41, 5.74) is 0. The standard InChI is InChI=1S/C15H19ClN4OS2/c1-18-5-4-17-15(18)22-11-14(21)20-8-6-19(7-9-20)10-12-2-3-13(16)23-12/h2-5H,6-11H2,1H3. The molecule has 5 nitrogen and oxygen atoms in total. The van der Waals surface area contributed by atoms with Crippen LogP contribution in [0.2, 0.25) is 4.34 Å². The highest BCUT2D eigenvalue weighted by molar-refractivity contribution is 7.99. The van der Waals surface area contributed by atoms with E-state index in [0.717, 1.165) is 42.2 Å². The van der Waals surface area contributed by atoms with Crippen molar-refractivity contribution in [3.63, 3.8) is 0 Å². The van der Waals surface area contributed by atoms with Gasteiger partial charge in [-0.3, -0.25) is 9.69 Å². The van der Waals surface area contributed by atoms with Crippen LogP contribution in [0.4, 0.5) is 0 Å². The zero-order chi connectivity index (χ0) is 16.2. The number of amides is 1. The molecule has 8 heteroatoms. The molecule has 124 valence electrons. The number of nitrogens with zero attached hydrogens (tertiary/aromatic N) is 4. The maximum absolute atomic E-state index is 12.3. The Balaban J connectivity index is 1.43. The highest BCUT2D eigenvalue weighted by atomic mass is 35.5. The van der Waals surface area contributed by atoms with Crippen LogP contribution in [0.5, 0.6) is 0 Å². The smallest absolute Gasteiger partial charge is 0.233 e. The van der Waals surface area contributed by atoms with Crippen LogP contribution in [-0.2, 0) is 18.4 Å². The Bertz CT molecular complexity index is 664. The minimum atomic E-state index is 0.191. The quantitative estimate of drug-likeness (QED) is 0.758. The number of thioether (sulfide) groups is 1. The molecular formula is C15H19ClN4OS2. The summed E-state index contributed by atoms with van der Waals surface area (Å²) in [5.74, 6) is 0.641. The Hall–Kier alpha value is -1.02. The molecule has 3 heterocycles. The summed E-state index contributed by atoms with van der Waals surface area (Å²) in [6.45, 7) is 4.32. The van der Waals surface area contributed by atoms with Crippen molar-refractivity contribution in [2.24, 2.45) is 7.05 Å². The average Bonchev–Trinajstić information content (AvgIpc) is 3.14. The van der Waals surface area contributed by atoms with Gasteiger partial charge < -0.3 is 9.47 Å². The van der Waals surface area contributed by atoms with E-state index in [9.17, 15) is 4.79 Å². The largest absolute Gasteiger partial charge is 0.339 e. The average molecular weight is 371 g/mol. The summed E-state index contributed by atoms with van der Waals surface area (Å²) in [4.78, 5) is 22.1. The van der Waals surface area contributed by atoms with Crippen molar-refractivity contribution in [1.82, 2.24) is 19.4 Å². The molecule has 1 amide bonds. The van der Waals surface area contributed by atoms with Crippen molar-refractivity contribution >= 4 is 40.6 Å². The van der Waals surface area contributed by atoms with Gasteiger partial charge in [-0.2, -0.15) is 0 Å². The van der Waals surface area contributed by atoms with Crippen molar-refractivity contribution in [3.05, 3.63) is 33.7 Å². The Morgan fingerprint density at radius 2 is 2.13 bits per heavy atom. The SMILES string of the molecule is Cn1ccnc1SCC(=O)N1CCN(Cc2ccc(Cl)s2)CC1. The van der Waals surface area contributed by atoms with E-state index in [1.807, 2.05) is 28.8 Å². The number of thiophene rings is 1. The first kappa shape index (κ1) is 16.8. The molecule has 1 saturated heterocycles. The number of carbonyl (C=O) groups excluding carboxylic acids is 1. The first-order valence-corrected chi connectivity index (χ1v) is 9.64. The predicted molar refractivity (Wildman–Crippen MR) is 95.1 cm³/mol. The third-order valence-electron chi connectivity index (χ3n) is 3.84. The zero-order valence-electron chi connectivity index (χ0n) is 12.9. The molecule has 2 aromatic rings. The van der Waals surface area contributed by atoms with Crippen molar-refractivity contribution in [3.8, 4) is 0 Å². The first-order valence-electron chi connectivity index (χ1n) is 7.46. The number of hydrogen-bond acceptors (Lipinski definition) is 5. The number of aromatic nitrogens is 2. The van der Waals surface area contributed by atoms with Crippen molar-refractivity contribution < 1.29 is 4.79 Å². The van der Waals surface area contributed by atoms with Gasteiger partial charge in [0.2, 0.25) is 5.91 Å². The molecule has 0 saturated carbocycles. The van der Waals surface area contributed by atoms with Crippen molar-refractivity contribution in [2.45, 2.75) is 11.7 Å². The number of rotatable bonds is 5. The summed E-state index contributed by atoms with van der Waals surface area (Å²) in [6, 6.07) is 4.02. The molecule has 0 atom stereocenters. The number of piperazine rings is 1. The fourth-order valence-electron chi connectivity index (χ4n) is 2.52. The monoisotopic (exact) mass is 370 g/mol. The molecule has 1 aliphatic rings. The third kappa shape index (κ3) is 4.50. The molecule has 2 aromatic heterocycles. The minimum absolute atomic E-state index is 0.191. The van der Waals surface area contributed by atoms with Crippen LogP contribution in [0.1, 0.15) is 4.88 Å². The number of aryl methyl sites for hydroxylation is 1. The highest BCUT2D eigenvalue weighted by Gasteiger charge is 2.21. The van der Waals surface area contributed by atoms with Crippen LogP contribution in [-0.4, -0.2) is 57.2 Å². The maximum atomic E-state index is 12.3. The first-order chi connectivity index (χ1) is 11.1. The van der Waals surface area contributed by atoms with Crippen molar-refractivity contribution in [2.75, 3.05) is 31.9 Å². The normalized spacial score (nSPS) is 16.0. The minimum Gasteiger partial charge on any atom is -0.339 e. The fourth-order valence-corrected chi connectivity index (χ4v) is 4.49. The van der Waals surface area contributed by atoms with Gasteiger partial charge in [0.05, 0.1) is 10.1 Å². The van der Waals surface area contributed by atoms with Gasteiger partial charge in [0.15, 0.2) is 5.16 Å². The zero-order valence-corrected chi connectivity index (χ0v) is 15.3. The summed E-state index contributed by atoms with van der Waals surface area (Å²) in [5, 5.41) is 0.881. The van der Waals surface area contributed by atoms with E-state index in [-0.39, 0.29) is 5.91 Å². The van der Waals surface area contributed by atoms with Crippen molar-refractivity contribution in [1.29, 1.82) is 0 Å². The number of halogens is 1. The summed E-state index contributed by atoms with van der Waals surface area (Å²) < 4.78 is 2.77. The molecule has 0 radical (unpaired) electrons. The number of hydrogen-bond donors (Lipinski definition) is 0. The lowest BCUT2D eigenvalue weighted by molar-refractivity contribution is -0.130. The fraction of sp³-hybridized carbons (Fsp3) is 0.467. The number of carbonyl (C=O) groups is 1. The Labute approximate surface area is 149 Å². The van der Waals surface area contributed by atoms with Crippen LogP contribution in [0.3, 0.4) is 0 Å². The molecule has 0 spiro atoms. The third-order valence-corrected chi connectivity index (χ3v) is 6.09. The Morgan fingerprint density at radius 1 is 1.35 bits per heavy atom. The molecule has 1 aliphatic heterocycles. The second-order valence-electron chi connectivity index (χ2n) is 5.47. The van der Waals surface area contributed by atoms with Gasteiger partial charge in [0.1, 0.15) is 0 Å². The van der Waals surface area contributed by atoms with Crippen LogP contribution < -0.4 is 0 Å². The summed E-state index contributed by atoms with van der Waals surface area (Å²) in [7, 11) is 1.94. The lowest BCUT2D eigenvalue weighted by Gasteiger charge is -2.34.